The van der Waals surface area contributed by atoms with E-state index < -0.39 is 0 Å². The monoisotopic (exact) mass is 125 g/mol. The van der Waals surface area contributed by atoms with E-state index in [2.05, 4.69) is 6.58 Å². The molecule has 0 aromatic heterocycles. The number of rotatable bonds is 2. The minimum absolute atomic E-state index is 0.196. The summed E-state index contributed by atoms with van der Waals surface area (Å²) < 4.78 is 0. The van der Waals surface area contributed by atoms with Gasteiger partial charge in [0.2, 0.25) is 0 Å². The highest BCUT2D eigenvalue weighted by atomic mass is 16.3. The number of hydrogen-bond acceptors (Lipinski definition) is 2. The zero-order valence-corrected chi connectivity index (χ0v) is 5.46. The quantitative estimate of drug-likeness (QED) is 0.433. The zero-order chi connectivity index (χ0) is 7.28. The lowest BCUT2D eigenvalue weighted by Gasteiger charge is -1.86. The molecule has 0 bridgehead atoms. The minimum Gasteiger partial charge on any atom is -0.508 e. The van der Waals surface area contributed by atoms with Crippen LogP contribution in [0.5, 0.6) is 0 Å². The van der Waals surface area contributed by atoms with E-state index >= 15 is 0 Å². The van der Waals surface area contributed by atoms with Crippen molar-refractivity contribution in [3.8, 4) is 0 Å². The van der Waals surface area contributed by atoms with Gasteiger partial charge in [-0.3, -0.25) is 0 Å². The molecule has 2 nitrogen and oxygen atoms in total. The van der Waals surface area contributed by atoms with Crippen LogP contribution >= 0.6 is 0 Å². The van der Waals surface area contributed by atoms with Crippen LogP contribution in [0, 0.1) is 0 Å². The summed E-state index contributed by atoms with van der Waals surface area (Å²) in [6, 6.07) is 0. The molecule has 0 rings (SSSR count). The van der Waals surface area contributed by atoms with E-state index in [1.807, 2.05) is 0 Å². The van der Waals surface area contributed by atoms with Gasteiger partial charge in [0.15, 0.2) is 0 Å². The second kappa shape index (κ2) is 3.78. The summed E-state index contributed by atoms with van der Waals surface area (Å²) in [6.07, 6.45) is 4.59. The fourth-order valence-electron chi connectivity index (χ4n) is 0.289. The van der Waals surface area contributed by atoms with Crippen molar-refractivity contribution < 1.29 is 5.11 Å². The Balaban J connectivity index is 3.86. The standard InChI is InChI=1S/C7H11NO/c1-3-7(9)5-4-6(2)8/h3-5,9H,2,8H2,1H3/b5-4-,7-3+. The highest BCUT2D eigenvalue weighted by Gasteiger charge is 1.78. The van der Waals surface area contributed by atoms with Crippen LogP contribution in [0.2, 0.25) is 0 Å². The van der Waals surface area contributed by atoms with E-state index in [4.69, 9.17) is 10.8 Å². The van der Waals surface area contributed by atoms with Crippen molar-refractivity contribution in [3.05, 3.63) is 36.3 Å². The van der Waals surface area contributed by atoms with Crippen LogP contribution in [0.15, 0.2) is 36.3 Å². The first-order valence-corrected chi connectivity index (χ1v) is 2.64. The lowest BCUT2D eigenvalue weighted by molar-refractivity contribution is 0.431. The Morgan fingerprint density at radius 2 is 2.11 bits per heavy atom. The summed E-state index contributed by atoms with van der Waals surface area (Å²) in [6.45, 7) is 5.15. The molecule has 0 radical (unpaired) electrons. The Morgan fingerprint density at radius 3 is 2.44 bits per heavy atom. The first-order valence-electron chi connectivity index (χ1n) is 2.64. The van der Waals surface area contributed by atoms with Gasteiger partial charge in [0.1, 0.15) is 5.76 Å². The summed E-state index contributed by atoms with van der Waals surface area (Å²) in [4.78, 5) is 0. The number of aliphatic hydroxyl groups excluding tert-OH is 1. The van der Waals surface area contributed by atoms with Gasteiger partial charge in [-0.1, -0.05) is 6.58 Å². The molecule has 2 heteroatoms. The molecule has 0 unspecified atom stereocenters. The van der Waals surface area contributed by atoms with E-state index in [-0.39, 0.29) is 5.76 Å². The van der Waals surface area contributed by atoms with Gasteiger partial charge >= 0.3 is 0 Å². The summed E-state index contributed by atoms with van der Waals surface area (Å²) in [5, 5.41) is 8.78. The lowest BCUT2D eigenvalue weighted by Crippen LogP contribution is -1.88. The van der Waals surface area contributed by atoms with Crippen LogP contribution in [0.1, 0.15) is 6.92 Å². The molecule has 0 heterocycles. The van der Waals surface area contributed by atoms with Gasteiger partial charge in [0, 0.05) is 5.70 Å². The van der Waals surface area contributed by atoms with E-state index in [9.17, 15) is 0 Å². The zero-order valence-electron chi connectivity index (χ0n) is 5.46. The molecule has 0 atom stereocenters. The van der Waals surface area contributed by atoms with Gasteiger partial charge in [-0.2, -0.15) is 0 Å². The second-order valence-electron chi connectivity index (χ2n) is 1.62. The van der Waals surface area contributed by atoms with E-state index in [1.54, 1.807) is 13.0 Å². The maximum absolute atomic E-state index is 8.78. The van der Waals surface area contributed by atoms with Crippen molar-refractivity contribution in [2.24, 2.45) is 5.73 Å². The van der Waals surface area contributed by atoms with Crippen molar-refractivity contribution in [2.45, 2.75) is 6.92 Å². The molecule has 0 amide bonds. The molecule has 0 aliphatic carbocycles. The third kappa shape index (κ3) is 4.68. The molecule has 0 aromatic carbocycles. The third-order valence-electron chi connectivity index (χ3n) is 0.764. The molecular weight excluding hydrogens is 114 g/mol. The van der Waals surface area contributed by atoms with Crippen molar-refractivity contribution in [1.29, 1.82) is 0 Å². The Morgan fingerprint density at radius 1 is 1.56 bits per heavy atom. The maximum atomic E-state index is 8.78. The molecule has 0 aliphatic heterocycles. The predicted octanol–water partition coefficient (Wildman–Crippen LogP) is 1.48. The Bertz CT molecular complexity index is 156. The molecule has 3 N–H and O–H groups in total. The predicted molar refractivity (Wildman–Crippen MR) is 38.9 cm³/mol. The number of hydrogen-bond donors (Lipinski definition) is 2. The number of allylic oxidation sites excluding steroid dienone is 3. The number of nitrogens with two attached hydrogens (primary N) is 1. The lowest BCUT2D eigenvalue weighted by atomic mass is 10.4. The molecular formula is C7H11NO. The van der Waals surface area contributed by atoms with Crippen molar-refractivity contribution in [1.82, 2.24) is 0 Å². The van der Waals surface area contributed by atoms with Crippen molar-refractivity contribution in [3.63, 3.8) is 0 Å². The topological polar surface area (TPSA) is 46.2 Å². The molecule has 0 spiro atoms. The summed E-state index contributed by atoms with van der Waals surface area (Å²) in [5.41, 5.74) is 5.61. The largest absolute Gasteiger partial charge is 0.508 e. The SMILES string of the molecule is C=C(N)/C=C\C(O)=C/C. The highest BCUT2D eigenvalue weighted by Crippen LogP contribution is 1.91. The van der Waals surface area contributed by atoms with E-state index in [0.29, 0.717) is 5.70 Å². The van der Waals surface area contributed by atoms with Crippen LogP contribution in [0.4, 0.5) is 0 Å². The van der Waals surface area contributed by atoms with Crippen molar-refractivity contribution in [2.75, 3.05) is 0 Å². The fraction of sp³-hybridized carbons (Fsp3) is 0.143. The molecule has 0 aliphatic rings. The van der Waals surface area contributed by atoms with Crippen LogP contribution in [0.25, 0.3) is 0 Å². The normalized spacial score (nSPS) is 12.3. The van der Waals surface area contributed by atoms with Gasteiger partial charge in [0.25, 0.3) is 0 Å². The van der Waals surface area contributed by atoms with Crippen LogP contribution in [-0.2, 0) is 0 Å². The molecule has 0 aromatic rings. The van der Waals surface area contributed by atoms with Crippen LogP contribution in [-0.4, -0.2) is 5.11 Å². The number of aliphatic hydroxyl groups is 1. The van der Waals surface area contributed by atoms with Gasteiger partial charge < -0.3 is 10.8 Å². The van der Waals surface area contributed by atoms with Crippen molar-refractivity contribution >= 4 is 0 Å². The smallest absolute Gasteiger partial charge is 0.111 e. The summed E-state index contributed by atoms with van der Waals surface area (Å²) >= 11 is 0. The third-order valence-corrected chi connectivity index (χ3v) is 0.764. The first-order chi connectivity index (χ1) is 4.16. The second-order valence-corrected chi connectivity index (χ2v) is 1.62. The van der Waals surface area contributed by atoms with Gasteiger partial charge in [-0.15, -0.1) is 0 Å². The molecule has 0 fully saturated rings. The fourth-order valence-corrected chi connectivity index (χ4v) is 0.289. The Kier molecular flexibility index (Phi) is 3.28. The average molecular weight is 125 g/mol. The summed E-state index contributed by atoms with van der Waals surface area (Å²) in [7, 11) is 0. The van der Waals surface area contributed by atoms with Crippen LogP contribution < -0.4 is 5.73 Å². The Labute approximate surface area is 55.0 Å². The van der Waals surface area contributed by atoms with E-state index in [1.165, 1.54) is 12.2 Å². The Hall–Kier alpha value is -1.18. The first kappa shape index (κ1) is 7.82. The highest BCUT2D eigenvalue weighted by molar-refractivity contribution is 5.19. The van der Waals surface area contributed by atoms with E-state index in [0.717, 1.165) is 0 Å². The molecule has 0 saturated carbocycles. The maximum Gasteiger partial charge on any atom is 0.111 e. The van der Waals surface area contributed by atoms with Gasteiger partial charge in [-0.25, -0.2) is 0 Å². The molecule has 0 saturated heterocycles. The molecule has 9 heavy (non-hydrogen) atoms. The minimum atomic E-state index is 0.196. The molecule has 50 valence electrons. The van der Waals surface area contributed by atoms with Gasteiger partial charge in [0.05, 0.1) is 0 Å². The van der Waals surface area contributed by atoms with Crippen LogP contribution in [0.3, 0.4) is 0 Å². The average Bonchev–Trinajstić information content (AvgIpc) is 1.83. The van der Waals surface area contributed by atoms with Gasteiger partial charge in [-0.05, 0) is 25.2 Å². The summed E-state index contributed by atoms with van der Waals surface area (Å²) in [5.74, 6) is 0.196.